The number of carbonyl (C=O) groups is 2. The number of methoxy groups -OCH3 is 1. The zero-order valence-corrected chi connectivity index (χ0v) is 18.7. The van der Waals surface area contributed by atoms with E-state index in [1.165, 1.54) is 0 Å². The third kappa shape index (κ3) is 4.75. The molecule has 0 N–H and O–H groups in total. The number of morpholine rings is 1. The Morgan fingerprint density at radius 3 is 2.72 bits per heavy atom. The summed E-state index contributed by atoms with van der Waals surface area (Å²) in [5, 5.41) is 0. The van der Waals surface area contributed by atoms with Crippen LogP contribution in [-0.4, -0.2) is 71.5 Å². The fraction of sp³-hybridized carbons (Fsp3) is 0.500. The van der Waals surface area contributed by atoms with Gasteiger partial charge in [-0.1, -0.05) is 18.2 Å². The molecule has 4 rings (SSSR count). The lowest BCUT2D eigenvalue weighted by Crippen LogP contribution is -2.41. The molecule has 2 aliphatic rings. The number of hydrogen-bond acceptors (Lipinski definition) is 6. The van der Waals surface area contributed by atoms with Gasteiger partial charge in [-0.05, 0) is 37.8 Å². The number of para-hydroxylation sites is 1. The van der Waals surface area contributed by atoms with Crippen molar-refractivity contribution in [2.75, 3.05) is 40.0 Å². The second kappa shape index (κ2) is 10.1. The predicted molar refractivity (Wildman–Crippen MR) is 118 cm³/mol. The van der Waals surface area contributed by atoms with Crippen molar-refractivity contribution in [2.45, 2.75) is 38.6 Å². The van der Waals surface area contributed by atoms with Crippen molar-refractivity contribution in [2.24, 2.45) is 0 Å². The van der Waals surface area contributed by atoms with E-state index in [1.54, 1.807) is 18.2 Å². The Kier molecular flexibility index (Phi) is 6.99. The minimum atomic E-state index is -0.147. The van der Waals surface area contributed by atoms with E-state index in [9.17, 15) is 9.59 Å². The zero-order valence-electron chi connectivity index (χ0n) is 18.7. The standard InChI is InChI=1S/C24H30N4O4/c1-17-19(24(30)27-12-14-32-15-13-27)16-25-23(26-17)20-7-5-11-28(20)22(29)10-9-18-6-3-4-8-21(18)31-2/h3-4,6,8,16,20H,5,7,9-15H2,1-2H3/t20-/m1/s1. The minimum Gasteiger partial charge on any atom is -0.496 e. The predicted octanol–water partition coefficient (Wildman–Crippen LogP) is 2.56. The quantitative estimate of drug-likeness (QED) is 0.689. The molecule has 0 bridgehead atoms. The van der Waals surface area contributed by atoms with E-state index in [4.69, 9.17) is 9.47 Å². The van der Waals surface area contributed by atoms with Crippen LogP contribution in [0, 0.1) is 6.92 Å². The molecule has 2 saturated heterocycles. The first-order chi connectivity index (χ1) is 15.6. The summed E-state index contributed by atoms with van der Waals surface area (Å²) in [7, 11) is 1.64. The minimum absolute atomic E-state index is 0.0616. The number of aromatic nitrogens is 2. The molecule has 0 saturated carbocycles. The largest absolute Gasteiger partial charge is 0.496 e. The average molecular weight is 439 g/mol. The maximum Gasteiger partial charge on any atom is 0.257 e. The Bertz CT molecular complexity index is 974. The second-order valence-corrected chi connectivity index (χ2v) is 8.19. The van der Waals surface area contributed by atoms with E-state index >= 15 is 0 Å². The summed E-state index contributed by atoms with van der Waals surface area (Å²) in [6.45, 7) is 4.80. The smallest absolute Gasteiger partial charge is 0.257 e. The first-order valence-corrected chi connectivity index (χ1v) is 11.2. The van der Waals surface area contributed by atoms with Gasteiger partial charge < -0.3 is 19.3 Å². The number of hydrogen-bond donors (Lipinski definition) is 0. The van der Waals surface area contributed by atoms with Gasteiger partial charge in [0.25, 0.3) is 5.91 Å². The fourth-order valence-corrected chi connectivity index (χ4v) is 4.42. The highest BCUT2D eigenvalue weighted by atomic mass is 16.5. The first kappa shape index (κ1) is 22.2. The highest BCUT2D eigenvalue weighted by molar-refractivity contribution is 5.95. The molecule has 8 nitrogen and oxygen atoms in total. The van der Waals surface area contributed by atoms with Crippen LogP contribution in [-0.2, 0) is 16.0 Å². The Balaban J connectivity index is 1.44. The van der Waals surface area contributed by atoms with Crippen LogP contribution in [0.3, 0.4) is 0 Å². The molecule has 8 heteroatoms. The molecule has 1 atom stereocenters. The van der Waals surface area contributed by atoms with Crippen molar-refractivity contribution in [1.29, 1.82) is 0 Å². The molecule has 1 aromatic heterocycles. The fourth-order valence-electron chi connectivity index (χ4n) is 4.42. The molecule has 1 aromatic carbocycles. The zero-order chi connectivity index (χ0) is 22.5. The van der Waals surface area contributed by atoms with E-state index in [-0.39, 0.29) is 17.9 Å². The highest BCUT2D eigenvalue weighted by Gasteiger charge is 2.32. The molecule has 2 fully saturated rings. The Morgan fingerprint density at radius 2 is 1.97 bits per heavy atom. The molecular weight excluding hydrogens is 408 g/mol. The molecule has 2 amide bonds. The molecule has 0 spiro atoms. The van der Waals surface area contributed by atoms with Gasteiger partial charge in [-0.15, -0.1) is 0 Å². The molecule has 0 unspecified atom stereocenters. The van der Waals surface area contributed by atoms with Crippen molar-refractivity contribution in [1.82, 2.24) is 19.8 Å². The SMILES string of the molecule is COc1ccccc1CCC(=O)N1CCC[C@@H]1c1ncc(C(=O)N2CCOCC2)c(C)n1. The van der Waals surface area contributed by atoms with Gasteiger partial charge in [0.15, 0.2) is 5.82 Å². The Labute approximate surface area is 188 Å². The van der Waals surface area contributed by atoms with E-state index < -0.39 is 0 Å². The Morgan fingerprint density at radius 1 is 1.19 bits per heavy atom. The van der Waals surface area contributed by atoms with Gasteiger partial charge in [0.2, 0.25) is 5.91 Å². The molecule has 32 heavy (non-hydrogen) atoms. The summed E-state index contributed by atoms with van der Waals surface area (Å²) in [6.07, 6.45) is 4.40. The number of amides is 2. The van der Waals surface area contributed by atoms with Crippen LogP contribution in [0.1, 0.15) is 52.7 Å². The topological polar surface area (TPSA) is 84.9 Å². The van der Waals surface area contributed by atoms with Gasteiger partial charge in [0.1, 0.15) is 5.75 Å². The lowest BCUT2D eigenvalue weighted by molar-refractivity contribution is -0.132. The van der Waals surface area contributed by atoms with E-state index in [2.05, 4.69) is 9.97 Å². The van der Waals surface area contributed by atoms with Crippen molar-refractivity contribution in [3.63, 3.8) is 0 Å². The molecule has 3 heterocycles. The van der Waals surface area contributed by atoms with Crippen molar-refractivity contribution < 1.29 is 19.1 Å². The molecule has 0 aliphatic carbocycles. The maximum atomic E-state index is 13.0. The summed E-state index contributed by atoms with van der Waals surface area (Å²) in [4.78, 5) is 38.7. The number of ether oxygens (including phenoxy) is 2. The van der Waals surface area contributed by atoms with Crippen molar-refractivity contribution in [3.05, 3.63) is 53.1 Å². The molecule has 0 radical (unpaired) electrons. The van der Waals surface area contributed by atoms with Crippen LogP contribution in [0.25, 0.3) is 0 Å². The van der Waals surface area contributed by atoms with Gasteiger partial charge in [0.05, 0.1) is 37.6 Å². The molecule has 170 valence electrons. The van der Waals surface area contributed by atoms with Gasteiger partial charge in [-0.2, -0.15) is 0 Å². The van der Waals surface area contributed by atoms with Gasteiger partial charge in [-0.3, -0.25) is 9.59 Å². The van der Waals surface area contributed by atoms with E-state index in [0.717, 1.165) is 24.2 Å². The maximum absolute atomic E-state index is 13.0. The van der Waals surface area contributed by atoms with Crippen molar-refractivity contribution in [3.8, 4) is 5.75 Å². The summed E-state index contributed by atoms with van der Waals surface area (Å²) < 4.78 is 10.7. The van der Waals surface area contributed by atoms with E-state index in [1.807, 2.05) is 36.1 Å². The number of carbonyl (C=O) groups excluding carboxylic acids is 2. The summed E-state index contributed by atoms with van der Waals surface area (Å²) in [5.74, 6) is 1.45. The van der Waals surface area contributed by atoms with Gasteiger partial charge in [0, 0.05) is 32.3 Å². The highest BCUT2D eigenvalue weighted by Crippen LogP contribution is 2.31. The van der Waals surface area contributed by atoms with Gasteiger partial charge in [-0.25, -0.2) is 9.97 Å². The lowest BCUT2D eigenvalue weighted by atomic mass is 10.1. The molecular formula is C24H30N4O4. The van der Waals surface area contributed by atoms with Crippen molar-refractivity contribution >= 4 is 11.8 Å². The summed E-state index contributed by atoms with van der Waals surface area (Å²) in [5.41, 5.74) is 2.19. The first-order valence-electron chi connectivity index (χ1n) is 11.2. The third-order valence-corrected chi connectivity index (χ3v) is 6.20. The van der Waals surface area contributed by atoms with Crippen LogP contribution in [0.15, 0.2) is 30.5 Å². The second-order valence-electron chi connectivity index (χ2n) is 8.19. The Hall–Kier alpha value is -3.00. The van der Waals surface area contributed by atoms with Gasteiger partial charge >= 0.3 is 0 Å². The summed E-state index contributed by atoms with van der Waals surface area (Å²) >= 11 is 0. The average Bonchev–Trinajstić information content (AvgIpc) is 3.33. The molecule has 2 aliphatic heterocycles. The van der Waals surface area contributed by atoms with Crippen LogP contribution >= 0.6 is 0 Å². The van der Waals surface area contributed by atoms with Crippen LogP contribution < -0.4 is 4.74 Å². The third-order valence-electron chi connectivity index (χ3n) is 6.20. The van der Waals surface area contributed by atoms with Crippen LogP contribution in [0.2, 0.25) is 0 Å². The van der Waals surface area contributed by atoms with E-state index in [0.29, 0.717) is 62.8 Å². The van der Waals surface area contributed by atoms with Crippen LogP contribution in [0.4, 0.5) is 0 Å². The number of aryl methyl sites for hydroxylation is 2. The summed E-state index contributed by atoms with van der Waals surface area (Å²) in [6, 6.07) is 7.64. The number of rotatable bonds is 6. The molecule has 2 aromatic rings. The number of nitrogens with zero attached hydrogens (tertiary/aromatic N) is 4. The lowest BCUT2D eigenvalue weighted by Gasteiger charge is -2.27. The monoisotopic (exact) mass is 438 g/mol. The normalized spacial score (nSPS) is 18.6. The number of benzene rings is 1. The number of likely N-dealkylation sites (tertiary alicyclic amines) is 1. The van der Waals surface area contributed by atoms with Crippen LogP contribution in [0.5, 0.6) is 5.75 Å².